The number of benzene rings is 1. The highest BCUT2D eigenvalue weighted by atomic mass is 16.5. The van der Waals surface area contributed by atoms with E-state index in [4.69, 9.17) is 4.74 Å². The molecular formula is C26H34N4O2. The van der Waals surface area contributed by atoms with E-state index in [1.807, 2.05) is 18.0 Å². The van der Waals surface area contributed by atoms with Gasteiger partial charge in [0.15, 0.2) is 0 Å². The number of piperidine rings is 1. The Balaban J connectivity index is 1.50. The molecule has 2 aromatic rings. The van der Waals surface area contributed by atoms with E-state index in [2.05, 4.69) is 29.2 Å². The minimum atomic E-state index is -0.0356. The highest BCUT2D eigenvalue weighted by Gasteiger charge is 2.23. The number of nitrogens with zero attached hydrogens (tertiary/aromatic N) is 4. The van der Waals surface area contributed by atoms with Crippen molar-refractivity contribution in [2.45, 2.75) is 51.0 Å². The lowest BCUT2D eigenvalue weighted by molar-refractivity contribution is 0.0712. The van der Waals surface area contributed by atoms with Crippen LogP contribution in [-0.2, 0) is 13.5 Å². The fourth-order valence-corrected chi connectivity index (χ4v) is 5.01. The molecule has 0 saturated carbocycles. The molecule has 2 bridgehead atoms. The van der Waals surface area contributed by atoms with Crippen LogP contribution in [0.3, 0.4) is 0 Å². The number of hydrogen-bond acceptors (Lipinski definition) is 4. The van der Waals surface area contributed by atoms with E-state index in [0.717, 1.165) is 31.6 Å². The third-order valence-electron chi connectivity index (χ3n) is 6.81. The summed E-state index contributed by atoms with van der Waals surface area (Å²) in [6, 6.07) is 12.9. The van der Waals surface area contributed by atoms with Gasteiger partial charge in [-0.15, -0.1) is 0 Å². The van der Waals surface area contributed by atoms with E-state index >= 15 is 0 Å². The molecule has 1 fully saturated rings. The van der Waals surface area contributed by atoms with Gasteiger partial charge in [-0.2, -0.15) is 5.26 Å². The summed E-state index contributed by atoms with van der Waals surface area (Å²) in [4.78, 5) is 17.8. The fraction of sp³-hybridized carbons (Fsp3) is 0.538. The van der Waals surface area contributed by atoms with Gasteiger partial charge in [0.1, 0.15) is 24.1 Å². The van der Waals surface area contributed by atoms with Crippen molar-refractivity contribution in [3.8, 4) is 11.8 Å². The van der Waals surface area contributed by atoms with Gasteiger partial charge in [-0.1, -0.05) is 18.6 Å². The largest absolute Gasteiger partial charge is 0.492 e. The van der Waals surface area contributed by atoms with Gasteiger partial charge in [0.05, 0.1) is 12.1 Å². The van der Waals surface area contributed by atoms with Crippen molar-refractivity contribution in [3.63, 3.8) is 0 Å². The third-order valence-corrected chi connectivity index (χ3v) is 6.81. The van der Waals surface area contributed by atoms with Gasteiger partial charge >= 0.3 is 0 Å². The van der Waals surface area contributed by atoms with Crippen LogP contribution in [0.4, 0.5) is 0 Å². The zero-order valence-corrected chi connectivity index (χ0v) is 19.1. The smallest absolute Gasteiger partial charge is 0.270 e. The monoisotopic (exact) mass is 434 g/mol. The molecular weight excluding hydrogens is 400 g/mol. The third kappa shape index (κ3) is 5.52. The summed E-state index contributed by atoms with van der Waals surface area (Å²) in [5.41, 5.74) is 2.39. The molecule has 2 aliphatic rings. The van der Waals surface area contributed by atoms with Crippen LogP contribution in [-0.4, -0.2) is 59.1 Å². The Morgan fingerprint density at radius 2 is 1.88 bits per heavy atom. The van der Waals surface area contributed by atoms with Crippen molar-refractivity contribution in [2.24, 2.45) is 7.05 Å². The topological polar surface area (TPSA) is 61.5 Å². The molecule has 170 valence electrons. The summed E-state index contributed by atoms with van der Waals surface area (Å²) in [5, 5.41) is 9.20. The van der Waals surface area contributed by atoms with Gasteiger partial charge in [-0.05, 0) is 75.4 Å². The van der Waals surface area contributed by atoms with Gasteiger partial charge in [-0.3, -0.25) is 4.79 Å². The van der Waals surface area contributed by atoms with E-state index in [1.165, 1.54) is 37.8 Å². The molecule has 1 aromatic carbocycles. The summed E-state index contributed by atoms with van der Waals surface area (Å²) in [6.07, 6.45) is 9.95. The Labute approximate surface area is 191 Å². The van der Waals surface area contributed by atoms with E-state index in [9.17, 15) is 10.1 Å². The Bertz CT molecular complexity index is 961. The lowest BCUT2D eigenvalue weighted by Crippen LogP contribution is -2.41. The van der Waals surface area contributed by atoms with Crippen molar-refractivity contribution in [1.29, 1.82) is 5.26 Å². The summed E-state index contributed by atoms with van der Waals surface area (Å²) in [7, 11) is 1.82. The standard InChI is InChI=1S/C26H34N4O2/c1-28-20-22(19-27)18-25(28)26(31)30-14-5-4-13-29-12-3-2-8-23(29)11-10-21-7-6-9-24(17-21)32-16-15-30/h6-7,9,17-18,20,23H,2-5,8,10-16H2,1H3. The first-order valence-electron chi connectivity index (χ1n) is 12.0. The molecule has 32 heavy (non-hydrogen) atoms. The van der Waals surface area contributed by atoms with Gasteiger partial charge in [-0.25, -0.2) is 0 Å². The number of carbonyl (C=O) groups is 1. The maximum atomic E-state index is 13.3. The number of hydrogen-bond donors (Lipinski definition) is 0. The average Bonchev–Trinajstić information content (AvgIpc) is 3.19. The van der Waals surface area contributed by atoms with Crippen LogP contribution in [0.1, 0.15) is 60.1 Å². The molecule has 1 amide bonds. The van der Waals surface area contributed by atoms with Crippen LogP contribution in [0, 0.1) is 11.3 Å². The summed E-state index contributed by atoms with van der Waals surface area (Å²) < 4.78 is 7.79. The summed E-state index contributed by atoms with van der Waals surface area (Å²) in [6.45, 7) is 3.98. The Kier molecular flexibility index (Phi) is 7.49. The van der Waals surface area contributed by atoms with Crippen LogP contribution in [0.2, 0.25) is 0 Å². The Morgan fingerprint density at radius 1 is 1.06 bits per heavy atom. The Morgan fingerprint density at radius 3 is 2.69 bits per heavy atom. The molecule has 4 rings (SSSR count). The highest BCUT2D eigenvalue weighted by Crippen LogP contribution is 2.23. The molecule has 1 unspecified atom stereocenters. The molecule has 1 aromatic heterocycles. The molecule has 1 saturated heterocycles. The predicted octanol–water partition coefficient (Wildman–Crippen LogP) is 4.00. The van der Waals surface area contributed by atoms with E-state index < -0.39 is 0 Å². The number of carbonyl (C=O) groups excluding carboxylic acids is 1. The van der Waals surface area contributed by atoms with Crippen LogP contribution < -0.4 is 4.74 Å². The first-order chi connectivity index (χ1) is 15.6. The van der Waals surface area contributed by atoms with Gasteiger partial charge in [0, 0.05) is 25.8 Å². The van der Waals surface area contributed by atoms with Crippen molar-refractivity contribution < 1.29 is 9.53 Å². The lowest BCUT2D eigenvalue weighted by Gasteiger charge is -2.36. The first kappa shape index (κ1) is 22.4. The zero-order chi connectivity index (χ0) is 22.3. The molecule has 0 radical (unpaired) electrons. The van der Waals surface area contributed by atoms with Gasteiger partial charge in [0.2, 0.25) is 0 Å². The molecule has 2 aliphatic heterocycles. The second-order valence-corrected chi connectivity index (χ2v) is 9.06. The quantitative estimate of drug-likeness (QED) is 0.681. The minimum absolute atomic E-state index is 0.0356. The van der Waals surface area contributed by atoms with Crippen LogP contribution >= 0.6 is 0 Å². The number of rotatable bonds is 1. The average molecular weight is 435 g/mol. The molecule has 6 heteroatoms. The van der Waals surface area contributed by atoms with E-state index in [1.54, 1.807) is 16.8 Å². The maximum absolute atomic E-state index is 13.3. The number of amides is 1. The molecule has 0 spiro atoms. The number of aryl methyl sites for hydroxylation is 2. The van der Waals surface area contributed by atoms with Crippen molar-refractivity contribution in [1.82, 2.24) is 14.4 Å². The summed E-state index contributed by atoms with van der Waals surface area (Å²) >= 11 is 0. The van der Waals surface area contributed by atoms with Gasteiger partial charge in [0.25, 0.3) is 5.91 Å². The maximum Gasteiger partial charge on any atom is 0.270 e. The highest BCUT2D eigenvalue weighted by molar-refractivity contribution is 5.93. The number of fused-ring (bicyclic) bond motifs is 3. The fourth-order valence-electron chi connectivity index (χ4n) is 5.01. The molecule has 3 heterocycles. The number of aromatic nitrogens is 1. The van der Waals surface area contributed by atoms with Crippen molar-refractivity contribution in [3.05, 3.63) is 53.3 Å². The first-order valence-corrected chi connectivity index (χ1v) is 12.0. The lowest BCUT2D eigenvalue weighted by atomic mass is 9.95. The number of nitriles is 1. The number of ether oxygens (including phenoxy) is 1. The van der Waals surface area contributed by atoms with Crippen molar-refractivity contribution >= 4 is 5.91 Å². The second-order valence-electron chi connectivity index (χ2n) is 9.06. The molecule has 6 nitrogen and oxygen atoms in total. The molecule has 0 aliphatic carbocycles. The van der Waals surface area contributed by atoms with Crippen LogP contribution in [0.15, 0.2) is 36.5 Å². The van der Waals surface area contributed by atoms with Crippen LogP contribution in [0.25, 0.3) is 0 Å². The normalized spacial score (nSPS) is 20.9. The van der Waals surface area contributed by atoms with Crippen molar-refractivity contribution in [2.75, 3.05) is 32.8 Å². The minimum Gasteiger partial charge on any atom is -0.492 e. The summed E-state index contributed by atoms with van der Waals surface area (Å²) in [5.74, 6) is 0.836. The van der Waals surface area contributed by atoms with E-state index in [0.29, 0.717) is 37.0 Å². The zero-order valence-electron chi connectivity index (χ0n) is 19.1. The van der Waals surface area contributed by atoms with Gasteiger partial charge < -0.3 is 19.1 Å². The predicted molar refractivity (Wildman–Crippen MR) is 125 cm³/mol. The van der Waals surface area contributed by atoms with E-state index in [-0.39, 0.29) is 5.91 Å². The molecule has 1 atom stereocenters. The second kappa shape index (κ2) is 10.7. The molecule has 0 N–H and O–H groups in total. The van der Waals surface area contributed by atoms with Crippen LogP contribution in [0.5, 0.6) is 5.75 Å². The SMILES string of the molecule is Cn1cc(C#N)cc1C(=O)N1CCCCN2CCCCC2CCc2cccc(c2)OCC1. The Hall–Kier alpha value is -2.78.